The van der Waals surface area contributed by atoms with Gasteiger partial charge in [-0.15, -0.1) is 0 Å². The molecule has 0 bridgehead atoms. The zero-order chi connectivity index (χ0) is 12.1. The molecule has 0 saturated heterocycles. The van der Waals surface area contributed by atoms with Gasteiger partial charge >= 0.3 is 0 Å². The average molecular weight is 237 g/mol. The molecular weight excluding hydrogens is 217 g/mol. The number of halogens is 1. The summed E-state index contributed by atoms with van der Waals surface area (Å²) in [5, 5.41) is 12.5. The molecule has 0 spiro atoms. The number of aliphatic hydroxyl groups is 1. The number of hydrogen-bond acceptors (Lipinski definition) is 2. The molecule has 1 aliphatic carbocycles. The maximum atomic E-state index is 13.0. The zero-order valence-electron chi connectivity index (χ0n) is 10.0. The van der Waals surface area contributed by atoms with Gasteiger partial charge in [-0.1, -0.05) is 12.1 Å². The molecule has 2 rings (SSSR count). The van der Waals surface area contributed by atoms with E-state index in [-0.39, 0.29) is 5.82 Å². The van der Waals surface area contributed by atoms with Crippen LogP contribution in [-0.2, 0) is 6.54 Å². The Hall–Kier alpha value is -0.930. The Labute approximate surface area is 102 Å². The second-order valence-corrected chi connectivity index (χ2v) is 4.91. The lowest BCUT2D eigenvalue weighted by Gasteiger charge is -2.28. The second-order valence-electron chi connectivity index (χ2n) is 4.91. The van der Waals surface area contributed by atoms with Gasteiger partial charge in [0.2, 0.25) is 0 Å². The fraction of sp³-hybridized carbons (Fsp3) is 0.571. The fourth-order valence-electron chi connectivity index (χ4n) is 2.46. The van der Waals surface area contributed by atoms with Gasteiger partial charge in [0, 0.05) is 19.2 Å². The van der Waals surface area contributed by atoms with Crippen molar-refractivity contribution in [3.05, 3.63) is 35.6 Å². The van der Waals surface area contributed by atoms with Crippen molar-refractivity contribution in [1.29, 1.82) is 0 Å². The smallest absolute Gasteiger partial charge is 0.123 e. The first kappa shape index (κ1) is 12.5. The van der Waals surface area contributed by atoms with Crippen LogP contribution in [0.3, 0.4) is 0 Å². The normalized spacial score (nSPS) is 24.8. The lowest BCUT2D eigenvalue weighted by Crippen LogP contribution is -2.33. The molecule has 0 unspecified atom stereocenters. The molecule has 0 amide bonds. The SMILES string of the molecule is OCC1CCC(NCc2cccc(F)c2)CC1. The Kier molecular flexibility index (Phi) is 4.51. The minimum Gasteiger partial charge on any atom is -0.396 e. The molecule has 0 aliphatic heterocycles. The second kappa shape index (κ2) is 6.12. The van der Waals surface area contributed by atoms with Crippen molar-refractivity contribution >= 4 is 0 Å². The molecule has 0 heterocycles. The zero-order valence-corrected chi connectivity index (χ0v) is 10.0. The predicted molar refractivity (Wildman–Crippen MR) is 66.1 cm³/mol. The Morgan fingerprint density at radius 3 is 2.65 bits per heavy atom. The first-order valence-electron chi connectivity index (χ1n) is 6.36. The van der Waals surface area contributed by atoms with E-state index >= 15 is 0 Å². The van der Waals surface area contributed by atoms with E-state index in [1.807, 2.05) is 6.07 Å². The van der Waals surface area contributed by atoms with E-state index in [4.69, 9.17) is 5.11 Å². The van der Waals surface area contributed by atoms with Crippen LogP contribution >= 0.6 is 0 Å². The Morgan fingerprint density at radius 1 is 1.24 bits per heavy atom. The van der Waals surface area contributed by atoms with E-state index in [1.165, 1.54) is 6.07 Å². The fourth-order valence-corrected chi connectivity index (χ4v) is 2.46. The topological polar surface area (TPSA) is 32.3 Å². The molecule has 2 N–H and O–H groups in total. The summed E-state index contributed by atoms with van der Waals surface area (Å²) in [6.45, 7) is 1.04. The molecular formula is C14H20FNO. The third kappa shape index (κ3) is 3.79. The summed E-state index contributed by atoms with van der Waals surface area (Å²) in [4.78, 5) is 0. The van der Waals surface area contributed by atoms with Gasteiger partial charge in [0.15, 0.2) is 0 Å². The van der Waals surface area contributed by atoms with Crippen molar-refractivity contribution in [3.8, 4) is 0 Å². The lowest BCUT2D eigenvalue weighted by atomic mass is 9.86. The van der Waals surface area contributed by atoms with E-state index in [2.05, 4.69) is 5.32 Å². The molecule has 94 valence electrons. The maximum Gasteiger partial charge on any atom is 0.123 e. The van der Waals surface area contributed by atoms with E-state index in [0.717, 1.165) is 37.8 Å². The van der Waals surface area contributed by atoms with Crippen LogP contribution in [0.15, 0.2) is 24.3 Å². The van der Waals surface area contributed by atoms with Crippen molar-refractivity contribution in [2.75, 3.05) is 6.61 Å². The first-order valence-corrected chi connectivity index (χ1v) is 6.36. The maximum absolute atomic E-state index is 13.0. The van der Waals surface area contributed by atoms with Crippen LogP contribution in [0.5, 0.6) is 0 Å². The molecule has 0 radical (unpaired) electrons. The van der Waals surface area contributed by atoms with E-state index in [0.29, 0.717) is 18.6 Å². The molecule has 3 heteroatoms. The van der Waals surface area contributed by atoms with E-state index < -0.39 is 0 Å². The van der Waals surface area contributed by atoms with E-state index in [1.54, 1.807) is 12.1 Å². The highest BCUT2D eigenvalue weighted by Crippen LogP contribution is 2.23. The van der Waals surface area contributed by atoms with Crippen LogP contribution in [0, 0.1) is 11.7 Å². The summed E-state index contributed by atoms with van der Waals surface area (Å²) >= 11 is 0. The van der Waals surface area contributed by atoms with Gasteiger partial charge in [-0.05, 0) is 49.3 Å². The van der Waals surface area contributed by atoms with Gasteiger partial charge in [0.25, 0.3) is 0 Å². The highest BCUT2D eigenvalue weighted by Gasteiger charge is 2.19. The standard InChI is InChI=1S/C14H20FNO/c15-13-3-1-2-12(8-13)9-16-14-6-4-11(10-17)5-7-14/h1-3,8,11,14,16-17H,4-7,9-10H2. The Morgan fingerprint density at radius 2 is 2.00 bits per heavy atom. The quantitative estimate of drug-likeness (QED) is 0.843. The van der Waals surface area contributed by atoms with Gasteiger partial charge in [-0.25, -0.2) is 4.39 Å². The Bertz CT molecular complexity index is 348. The number of benzene rings is 1. The van der Waals surface area contributed by atoms with Crippen LogP contribution in [0.1, 0.15) is 31.2 Å². The largest absolute Gasteiger partial charge is 0.396 e. The molecule has 1 fully saturated rings. The molecule has 1 saturated carbocycles. The van der Waals surface area contributed by atoms with Gasteiger partial charge in [-0.3, -0.25) is 0 Å². The van der Waals surface area contributed by atoms with Crippen molar-refractivity contribution in [3.63, 3.8) is 0 Å². The third-order valence-corrected chi connectivity index (χ3v) is 3.59. The summed E-state index contributed by atoms with van der Waals surface area (Å²) in [7, 11) is 0. The van der Waals surface area contributed by atoms with Crippen molar-refractivity contribution in [2.45, 2.75) is 38.3 Å². The van der Waals surface area contributed by atoms with E-state index in [9.17, 15) is 4.39 Å². The highest BCUT2D eigenvalue weighted by molar-refractivity contribution is 5.16. The van der Waals surface area contributed by atoms with Gasteiger partial charge in [0.05, 0.1) is 0 Å². The van der Waals surface area contributed by atoms with Crippen LogP contribution in [0.4, 0.5) is 4.39 Å². The van der Waals surface area contributed by atoms with Crippen LogP contribution in [0.25, 0.3) is 0 Å². The number of rotatable bonds is 4. The molecule has 1 aromatic rings. The van der Waals surface area contributed by atoms with Gasteiger partial charge in [-0.2, -0.15) is 0 Å². The summed E-state index contributed by atoms with van der Waals surface area (Å²) in [6.07, 6.45) is 4.41. The highest BCUT2D eigenvalue weighted by atomic mass is 19.1. The third-order valence-electron chi connectivity index (χ3n) is 3.59. The summed E-state index contributed by atoms with van der Waals surface area (Å²) in [5.74, 6) is 0.315. The lowest BCUT2D eigenvalue weighted by molar-refractivity contribution is 0.175. The van der Waals surface area contributed by atoms with Crippen molar-refractivity contribution in [1.82, 2.24) is 5.32 Å². The predicted octanol–water partition coefficient (Wildman–Crippen LogP) is 2.47. The van der Waals surface area contributed by atoms with Crippen molar-refractivity contribution < 1.29 is 9.50 Å². The average Bonchev–Trinajstić information content (AvgIpc) is 2.37. The van der Waals surface area contributed by atoms with Crippen molar-refractivity contribution in [2.24, 2.45) is 5.92 Å². The molecule has 2 nitrogen and oxygen atoms in total. The summed E-state index contributed by atoms with van der Waals surface area (Å²) in [5.41, 5.74) is 0.995. The summed E-state index contributed by atoms with van der Waals surface area (Å²) in [6, 6.07) is 7.24. The first-order chi connectivity index (χ1) is 8.28. The summed E-state index contributed by atoms with van der Waals surface area (Å²) < 4.78 is 13.0. The Balaban J connectivity index is 1.76. The molecule has 0 aromatic heterocycles. The number of nitrogens with one attached hydrogen (secondary N) is 1. The number of aliphatic hydroxyl groups excluding tert-OH is 1. The molecule has 0 atom stereocenters. The van der Waals surface area contributed by atoms with Crippen LogP contribution in [0.2, 0.25) is 0 Å². The minimum atomic E-state index is -0.173. The molecule has 1 aliphatic rings. The monoisotopic (exact) mass is 237 g/mol. The number of hydrogen-bond donors (Lipinski definition) is 2. The van der Waals surface area contributed by atoms with Gasteiger partial charge < -0.3 is 10.4 Å². The van der Waals surface area contributed by atoms with Gasteiger partial charge in [0.1, 0.15) is 5.82 Å². The van der Waals surface area contributed by atoms with Crippen LogP contribution in [-0.4, -0.2) is 17.8 Å². The molecule has 1 aromatic carbocycles. The van der Waals surface area contributed by atoms with Crippen LogP contribution < -0.4 is 5.32 Å². The molecule has 17 heavy (non-hydrogen) atoms. The minimum absolute atomic E-state index is 0.173.